The van der Waals surface area contributed by atoms with Crippen molar-refractivity contribution in [3.05, 3.63) is 0 Å². The highest BCUT2D eigenvalue weighted by atomic mass is 16.3. The van der Waals surface area contributed by atoms with Crippen molar-refractivity contribution in [2.24, 2.45) is 5.92 Å². The standard InChI is InChI=1S/C12H25NO/c1-10(2)13(3)9-12(14)8-11-6-4-5-7-11/h10-12,14H,4-9H2,1-3H3. The van der Waals surface area contributed by atoms with Gasteiger partial charge in [0.1, 0.15) is 0 Å². The fourth-order valence-electron chi connectivity index (χ4n) is 2.25. The molecule has 0 amide bonds. The fourth-order valence-corrected chi connectivity index (χ4v) is 2.25. The van der Waals surface area contributed by atoms with Crippen LogP contribution in [-0.4, -0.2) is 35.7 Å². The molecule has 1 unspecified atom stereocenters. The summed E-state index contributed by atoms with van der Waals surface area (Å²) in [6.07, 6.45) is 6.31. The summed E-state index contributed by atoms with van der Waals surface area (Å²) in [5.41, 5.74) is 0. The van der Waals surface area contributed by atoms with Gasteiger partial charge in [-0.1, -0.05) is 25.7 Å². The Morgan fingerprint density at radius 3 is 2.36 bits per heavy atom. The first-order valence-electron chi connectivity index (χ1n) is 5.98. The summed E-state index contributed by atoms with van der Waals surface area (Å²) in [6.45, 7) is 5.17. The summed E-state index contributed by atoms with van der Waals surface area (Å²) in [7, 11) is 2.09. The van der Waals surface area contributed by atoms with E-state index in [1.807, 2.05) is 0 Å². The molecule has 2 nitrogen and oxygen atoms in total. The Bertz CT molecular complexity index is 148. The van der Waals surface area contributed by atoms with E-state index in [1.165, 1.54) is 25.7 Å². The highest BCUT2D eigenvalue weighted by Crippen LogP contribution is 2.28. The van der Waals surface area contributed by atoms with Crippen LogP contribution in [0.5, 0.6) is 0 Å². The van der Waals surface area contributed by atoms with Gasteiger partial charge in [-0.25, -0.2) is 0 Å². The maximum Gasteiger partial charge on any atom is 0.0669 e. The molecular weight excluding hydrogens is 174 g/mol. The van der Waals surface area contributed by atoms with Crippen LogP contribution in [0, 0.1) is 5.92 Å². The van der Waals surface area contributed by atoms with Gasteiger partial charge in [-0.3, -0.25) is 0 Å². The van der Waals surface area contributed by atoms with E-state index >= 15 is 0 Å². The number of aliphatic hydroxyl groups is 1. The molecule has 0 radical (unpaired) electrons. The smallest absolute Gasteiger partial charge is 0.0669 e. The van der Waals surface area contributed by atoms with Crippen molar-refractivity contribution >= 4 is 0 Å². The highest BCUT2D eigenvalue weighted by molar-refractivity contribution is 4.73. The predicted molar refractivity (Wildman–Crippen MR) is 60.3 cm³/mol. The van der Waals surface area contributed by atoms with Crippen molar-refractivity contribution in [3.63, 3.8) is 0 Å². The molecule has 0 aliphatic heterocycles. The largest absolute Gasteiger partial charge is 0.392 e. The minimum atomic E-state index is -0.120. The Morgan fingerprint density at radius 2 is 1.86 bits per heavy atom. The maximum atomic E-state index is 9.89. The molecule has 0 heterocycles. The summed E-state index contributed by atoms with van der Waals surface area (Å²) < 4.78 is 0. The summed E-state index contributed by atoms with van der Waals surface area (Å²) in [6, 6.07) is 0.535. The monoisotopic (exact) mass is 199 g/mol. The van der Waals surface area contributed by atoms with Crippen molar-refractivity contribution in [1.82, 2.24) is 4.90 Å². The van der Waals surface area contributed by atoms with E-state index in [0.717, 1.165) is 18.9 Å². The van der Waals surface area contributed by atoms with Gasteiger partial charge in [0.25, 0.3) is 0 Å². The zero-order valence-electron chi connectivity index (χ0n) is 9.87. The van der Waals surface area contributed by atoms with Gasteiger partial charge >= 0.3 is 0 Å². The molecule has 0 saturated heterocycles. The maximum absolute atomic E-state index is 9.89. The van der Waals surface area contributed by atoms with Crippen LogP contribution in [-0.2, 0) is 0 Å². The first kappa shape index (κ1) is 12.0. The van der Waals surface area contributed by atoms with Gasteiger partial charge in [-0.05, 0) is 33.2 Å². The van der Waals surface area contributed by atoms with Gasteiger partial charge < -0.3 is 10.0 Å². The first-order chi connectivity index (χ1) is 6.59. The van der Waals surface area contributed by atoms with Crippen LogP contribution in [0.15, 0.2) is 0 Å². The summed E-state index contributed by atoms with van der Waals surface area (Å²) in [5, 5.41) is 9.89. The highest BCUT2D eigenvalue weighted by Gasteiger charge is 2.19. The Morgan fingerprint density at radius 1 is 1.29 bits per heavy atom. The van der Waals surface area contributed by atoms with Gasteiger partial charge in [0.15, 0.2) is 0 Å². The second-order valence-corrected chi connectivity index (χ2v) is 5.07. The molecule has 0 aromatic heterocycles. The SMILES string of the molecule is CC(C)N(C)CC(O)CC1CCCC1. The summed E-state index contributed by atoms with van der Waals surface area (Å²) in [4.78, 5) is 2.22. The molecule has 1 rings (SSSR count). The summed E-state index contributed by atoms with van der Waals surface area (Å²) in [5.74, 6) is 0.797. The lowest BCUT2D eigenvalue weighted by molar-refractivity contribution is 0.0906. The van der Waals surface area contributed by atoms with Gasteiger partial charge in [0, 0.05) is 12.6 Å². The number of nitrogens with zero attached hydrogens (tertiary/aromatic N) is 1. The fraction of sp³-hybridized carbons (Fsp3) is 1.00. The minimum absolute atomic E-state index is 0.120. The molecule has 1 N–H and O–H groups in total. The molecule has 14 heavy (non-hydrogen) atoms. The molecule has 1 saturated carbocycles. The zero-order chi connectivity index (χ0) is 10.6. The van der Waals surface area contributed by atoms with E-state index in [4.69, 9.17) is 0 Å². The Labute approximate surface area is 88.3 Å². The van der Waals surface area contributed by atoms with Crippen LogP contribution in [0.2, 0.25) is 0 Å². The Hall–Kier alpha value is -0.0800. The molecule has 0 spiro atoms. The van der Waals surface area contributed by atoms with Crippen molar-refractivity contribution < 1.29 is 5.11 Å². The lowest BCUT2D eigenvalue weighted by Gasteiger charge is -2.25. The van der Waals surface area contributed by atoms with Crippen LogP contribution in [0.3, 0.4) is 0 Å². The lowest BCUT2D eigenvalue weighted by Crippen LogP contribution is -2.34. The van der Waals surface area contributed by atoms with Gasteiger partial charge in [-0.15, -0.1) is 0 Å². The van der Waals surface area contributed by atoms with Crippen LogP contribution in [0.25, 0.3) is 0 Å². The molecule has 1 aliphatic rings. The van der Waals surface area contributed by atoms with Crippen molar-refractivity contribution in [2.45, 2.75) is 58.1 Å². The first-order valence-corrected chi connectivity index (χ1v) is 5.98. The van der Waals surface area contributed by atoms with Gasteiger partial charge in [-0.2, -0.15) is 0 Å². The van der Waals surface area contributed by atoms with Gasteiger partial charge in [0.05, 0.1) is 6.10 Å². The number of likely N-dealkylation sites (N-methyl/N-ethyl adjacent to an activating group) is 1. The van der Waals surface area contributed by atoms with Crippen molar-refractivity contribution in [1.29, 1.82) is 0 Å². The van der Waals surface area contributed by atoms with Gasteiger partial charge in [0.2, 0.25) is 0 Å². The second kappa shape index (κ2) is 5.72. The van der Waals surface area contributed by atoms with E-state index in [1.54, 1.807) is 0 Å². The molecule has 84 valence electrons. The number of rotatable bonds is 5. The second-order valence-electron chi connectivity index (χ2n) is 5.07. The van der Waals surface area contributed by atoms with E-state index in [-0.39, 0.29) is 6.10 Å². The predicted octanol–water partition coefficient (Wildman–Crippen LogP) is 2.27. The average Bonchev–Trinajstić information content (AvgIpc) is 2.56. The third kappa shape index (κ3) is 3.97. The van der Waals surface area contributed by atoms with E-state index < -0.39 is 0 Å². The van der Waals surface area contributed by atoms with Crippen molar-refractivity contribution in [3.8, 4) is 0 Å². The van der Waals surface area contributed by atoms with E-state index in [0.29, 0.717) is 6.04 Å². The molecule has 1 aliphatic carbocycles. The molecule has 2 heteroatoms. The molecule has 0 aromatic rings. The molecule has 0 aromatic carbocycles. The third-order valence-electron chi connectivity index (χ3n) is 3.46. The quantitative estimate of drug-likeness (QED) is 0.734. The number of hydrogen-bond donors (Lipinski definition) is 1. The Kier molecular flexibility index (Phi) is 4.90. The summed E-state index contributed by atoms with van der Waals surface area (Å²) >= 11 is 0. The van der Waals surface area contributed by atoms with Crippen LogP contribution in [0.4, 0.5) is 0 Å². The third-order valence-corrected chi connectivity index (χ3v) is 3.46. The molecule has 0 bridgehead atoms. The van der Waals surface area contributed by atoms with E-state index in [2.05, 4.69) is 25.8 Å². The van der Waals surface area contributed by atoms with Crippen LogP contribution in [0.1, 0.15) is 46.0 Å². The topological polar surface area (TPSA) is 23.5 Å². The lowest BCUT2D eigenvalue weighted by atomic mass is 10.00. The van der Waals surface area contributed by atoms with E-state index in [9.17, 15) is 5.11 Å². The molecule has 1 fully saturated rings. The van der Waals surface area contributed by atoms with Crippen LogP contribution < -0.4 is 0 Å². The van der Waals surface area contributed by atoms with Crippen molar-refractivity contribution in [2.75, 3.05) is 13.6 Å². The number of aliphatic hydroxyl groups excluding tert-OH is 1. The van der Waals surface area contributed by atoms with Crippen LogP contribution >= 0.6 is 0 Å². The zero-order valence-corrected chi connectivity index (χ0v) is 9.87. The molecule has 1 atom stereocenters. The number of hydrogen-bond acceptors (Lipinski definition) is 2. The minimum Gasteiger partial charge on any atom is -0.392 e. The normalized spacial score (nSPS) is 21.0. The average molecular weight is 199 g/mol. The Balaban J connectivity index is 2.17. The molecular formula is C12H25NO.